The van der Waals surface area contributed by atoms with Gasteiger partial charge in [-0.1, -0.05) is 6.42 Å². The van der Waals surface area contributed by atoms with Crippen LogP contribution in [0.15, 0.2) is 0 Å². The molecule has 3 aliphatic rings. The van der Waals surface area contributed by atoms with E-state index in [1.165, 1.54) is 23.6 Å². The highest BCUT2D eigenvalue weighted by Gasteiger charge is 2.41. The zero-order valence-corrected chi connectivity index (χ0v) is 13.6. The summed E-state index contributed by atoms with van der Waals surface area (Å²) < 4.78 is 25.2. The van der Waals surface area contributed by atoms with Crippen molar-refractivity contribution in [3.05, 3.63) is 0 Å². The number of nitrogens with zero attached hydrogens (tertiary/aromatic N) is 1. The van der Waals surface area contributed by atoms with Crippen molar-refractivity contribution in [3.8, 4) is 0 Å². The van der Waals surface area contributed by atoms with Gasteiger partial charge >= 0.3 is 0 Å². The summed E-state index contributed by atoms with van der Waals surface area (Å²) in [6, 6.07) is 0.383. The monoisotopic (exact) mass is 314 g/mol. The predicted molar refractivity (Wildman–Crippen MR) is 81.1 cm³/mol. The van der Waals surface area contributed by atoms with Gasteiger partial charge in [0.15, 0.2) is 0 Å². The van der Waals surface area contributed by atoms with Crippen LogP contribution in [0.25, 0.3) is 0 Å². The minimum Gasteiger partial charge on any atom is -0.353 e. The molecule has 0 aromatic rings. The van der Waals surface area contributed by atoms with Crippen molar-refractivity contribution < 1.29 is 13.2 Å². The van der Waals surface area contributed by atoms with E-state index < -0.39 is 10.0 Å². The maximum Gasteiger partial charge on any atom is 0.223 e. The SMILES string of the molecule is CCS(=O)(=O)N1CCC(C(=O)N[C@H]2C[C@H]3CC[C@H]2C3)CC1. The molecule has 3 rings (SSSR count). The lowest BCUT2D eigenvalue weighted by atomic mass is 9.93. The van der Waals surface area contributed by atoms with Crippen LogP contribution in [0.2, 0.25) is 0 Å². The second-order valence-corrected chi connectivity index (χ2v) is 9.12. The Kier molecular flexibility index (Phi) is 4.28. The van der Waals surface area contributed by atoms with Crippen molar-refractivity contribution in [2.45, 2.75) is 51.5 Å². The summed E-state index contributed by atoms with van der Waals surface area (Å²) in [5, 5.41) is 3.24. The molecule has 2 aliphatic carbocycles. The zero-order chi connectivity index (χ0) is 15.0. The van der Waals surface area contributed by atoms with E-state index in [1.54, 1.807) is 6.92 Å². The molecular formula is C15H26N2O3S. The van der Waals surface area contributed by atoms with Crippen molar-refractivity contribution >= 4 is 15.9 Å². The Balaban J connectivity index is 1.49. The van der Waals surface area contributed by atoms with Gasteiger partial charge in [-0.2, -0.15) is 0 Å². The number of fused-ring (bicyclic) bond motifs is 2. The first kappa shape index (κ1) is 15.3. The number of carbonyl (C=O) groups is 1. The summed E-state index contributed by atoms with van der Waals surface area (Å²) in [5.41, 5.74) is 0. The van der Waals surface area contributed by atoms with Crippen LogP contribution in [-0.4, -0.2) is 43.5 Å². The van der Waals surface area contributed by atoms with Gasteiger partial charge in [0.1, 0.15) is 0 Å². The third-order valence-electron chi connectivity index (χ3n) is 5.65. The van der Waals surface area contributed by atoms with E-state index in [0.717, 1.165) is 12.3 Å². The average Bonchev–Trinajstić information content (AvgIpc) is 3.10. The number of hydrogen-bond donors (Lipinski definition) is 1. The number of amides is 1. The van der Waals surface area contributed by atoms with Crippen LogP contribution in [0.5, 0.6) is 0 Å². The fourth-order valence-corrected chi connectivity index (χ4v) is 5.43. The Morgan fingerprint density at radius 2 is 1.86 bits per heavy atom. The summed E-state index contributed by atoms with van der Waals surface area (Å²) in [6.07, 6.45) is 6.36. The fraction of sp³-hybridized carbons (Fsp3) is 0.933. The standard InChI is InChI=1S/C15H26N2O3S/c1-2-21(19,20)17-7-5-12(6-8-17)15(18)16-14-10-11-3-4-13(14)9-11/h11-14H,2-10H2,1H3,(H,16,18)/t11-,13-,14-/m0/s1. The summed E-state index contributed by atoms with van der Waals surface area (Å²) in [6.45, 7) is 2.65. The van der Waals surface area contributed by atoms with Crippen molar-refractivity contribution in [1.29, 1.82) is 0 Å². The minimum absolute atomic E-state index is 0.00701. The molecule has 1 heterocycles. The Morgan fingerprint density at radius 3 is 2.38 bits per heavy atom. The molecule has 21 heavy (non-hydrogen) atoms. The number of sulfonamides is 1. The van der Waals surface area contributed by atoms with E-state index in [4.69, 9.17) is 0 Å². The third kappa shape index (κ3) is 3.11. The first-order valence-corrected chi connectivity index (χ1v) is 9.88. The van der Waals surface area contributed by atoms with Crippen LogP contribution in [0.4, 0.5) is 0 Å². The molecule has 6 heteroatoms. The number of piperidine rings is 1. The first-order chi connectivity index (χ1) is 9.99. The van der Waals surface area contributed by atoms with Gasteiger partial charge < -0.3 is 5.32 Å². The summed E-state index contributed by atoms with van der Waals surface area (Å²) >= 11 is 0. The molecule has 0 radical (unpaired) electrons. The third-order valence-corrected chi connectivity index (χ3v) is 7.53. The number of hydrogen-bond acceptors (Lipinski definition) is 3. The summed E-state index contributed by atoms with van der Waals surface area (Å²) in [4.78, 5) is 12.4. The van der Waals surface area contributed by atoms with Crippen LogP contribution < -0.4 is 5.32 Å². The lowest BCUT2D eigenvalue weighted by Crippen LogP contribution is -2.46. The summed E-state index contributed by atoms with van der Waals surface area (Å²) in [5.74, 6) is 1.82. The largest absolute Gasteiger partial charge is 0.353 e. The van der Waals surface area contributed by atoms with E-state index in [-0.39, 0.29) is 17.6 Å². The second-order valence-electron chi connectivity index (χ2n) is 6.86. The Morgan fingerprint density at radius 1 is 1.14 bits per heavy atom. The van der Waals surface area contributed by atoms with E-state index >= 15 is 0 Å². The molecule has 1 amide bonds. The molecule has 120 valence electrons. The van der Waals surface area contributed by atoms with Gasteiger partial charge in [-0.15, -0.1) is 0 Å². The summed E-state index contributed by atoms with van der Waals surface area (Å²) in [7, 11) is -3.10. The molecule has 1 aliphatic heterocycles. The van der Waals surface area contributed by atoms with Gasteiger partial charge in [-0.25, -0.2) is 12.7 Å². The quantitative estimate of drug-likeness (QED) is 0.852. The van der Waals surface area contributed by atoms with Gasteiger partial charge in [0.25, 0.3) is 0 Å². The van der Waals surface area contributed by atoms with Gasteiger partial charge in [0, 0.05) is 25.0 Å². The van der Waals surface area contributed by atoms with E-state index in [2.05, 4.69) is 5.32 Å². The Hall–Kier alpha value is -0.620. The fourth-order valence-electron chi connectivity index (χ4n) is 4.30. The van der Waals surface area contributed by atoms with Gasteiger partial charge in [0.2, 0.25) is 15.9 Å². The lowest BCUT2D eigenvalue weighted by molar-refractivity contribution is -0.127. The normalized spacial score (nSPS) is 34.2. The molecule has 0 aromatic carbocycles. The molecule has 3 atom stereocenters. The Labute approximate surface area is 127 Å². The number of nitrogens with one attached hydrogen (secondary N) is 1. The van der Waals surface area contributed by atoms with Crippen LogP contribution in [-0.2, 0) is 14.8 Å². The van der Waals surface area contributed by atoms with E-state index in [9.17, 15) is 13.2 Å². The molecule has 2 bridgehead atoms. The second kappa shape index (κ2) is 5.88. The highest BCUT2D eigenvalue weighted by Crippen LogP contribution is 2.44. The zero-order valence-electron chi connectivity index (χ0n) is 12.8. The van der Waals surface area contributed by atoms with Gasteiger partial charge in [-0.3, -0.25) is 4.79 Å². The van der Waals surface area contributed by atoms with E-state index in [0.29, 0.717) is 37.9 Å². The van der Waals surface area contributed by atoms with Crippen LogP contribution in [0.1, 0.15) is 45.4 Å². The number of rotatable bonds is 4. The van der Waals surface area contributed by atoms with Crippen molar-refractivity contribution in [2.24, 2.45) is 17.8 Å². The molecule has 5 nitrogen and oxygen atoms in total. The molecule has 1 N–H and O–H groups in total. The van der Waals surface area contributed by atoms with Gasteiger partial charge in [-0.05, 0) is 50.9 Å². The molecule has 0 spiro atoms. The van der Waals surface area contributed by atoms with Crippen LogP contribution in [0.3, 0.4) is 0 Å². The van der Waals surface area contributed by atoms with Crippen molar-refractivity contribution in [2.75, 3.05) is 18.8 Å². The minimum atomic E-state index is -3.10. The van der Waals surface area contributed by atoms with Crippen molar-refractivity contribution in [3.63, 3.8) is 0 Å². The van der Waals surface area contributed by atoms with Crippen molar-refractivity contribution in [1.82, 2.24) is 9.62 Å². The van der Waals surface area contributed by atoms with Gasteiger partial charge in [0.05, 0.1) is 5.75 Å². The molecule has 2 saturated carbocycles. The van der Waals surface area contributed by atoms with Crippen LogP contribution in [0, 0.1) is 17.8 Å². The predicted octanol–water partition coefficient (Wildman–Crippen LogP) is 1.35. The average molecular weight is 314 g/mol. The maximum atomic E-state index is 12.4. The smallest absolute Gasteiger partial charge is 0.223 e. The molecular weight excluding hydrogens is 288 g/mol. The molecule has 1 saturated heterocycles. The molecule has 3 fully saturated rings. The lowest BCUT2D eigenvalue weighted by Gasteiger charge is -2.32. The topological polar surface area (TPSA) is 66.5 Å². The first-order valence-electron chi connectivity index (χ1n) is 8.27. The number of carbonyl (C=O) groups excluding carboxylic acids is 1. The molecule has 0 unspecified atom stereocenters. The molecule has 0 aromatic heterocycles. The van der Waals surface area contributed by atoms with E-state index in [1.807, 2.05) is 0 Å². The highest BCUT2D eigenvalue weighted by molar-refractivity contribution is 7.89. The highest BCUT2D eigenvalue weighted by atomic mass is 32.2. The Bertz CT molecular complexity index is 497. The maximum absolute atomic E-state index is 12.4. The van der Waals surface area contributed by atoms with Crippen LogP contribution >= 0.6 is 0 Å².